The van der Waals surface area contributed by atoms with Crippen molar-refractivity contribution in [3.63, 3.8) is 0 Å². The van der Waals surface area contributed by atoms with Gasteiger partial charge in [0.05, 0.1) is 26.4 Å². The average molecular weight is 1480 g/mol. The highest BCUT2D eigenvalue weighted by Crippen LogP contribution is 2.45. The standard InChI is InChI=1S/C83H144O17P2/c1-5-9-13-17-21-25-29-33-36-38-41-45-49-53-57-61-65-69-82(87)99-78(73-93-80(85)67-63-59-55-51-47-43-32-28-24-20-16-12-8-4)75-97-101(89,90)95-71-77(84)72-96-102(91,92)98-76-79(74-94-81(86)68-64-60-56-52-48-44-40-35-31-27-23-19-15-11-7-3)100-83(88)70-66-62-58-54-50-46-42-39-37-34-30-26-22-18-14-10-6-2/h21-22,25-26,33-37,40-42,45-46,53-54,57-58,77-79,84H,5-20,23-24,27-32,38-39,43-44,47-52,55-56,59-76H2,1-4H3,(H,89,90)(H,91,92)/b25-21-,26-22-,36-33-,37-34-,40-35-,45-41-,46-42-,57-53-,58-54-/t77-,78+,79+/m0/s1. The van der Waals surface area contributed by atoms with Gasteiger partial charge < -0.3 is 33.8 Å². The zero-order chi connectivity index (χ0) is 74.6. The molecule has 0 spiro atoms. The highest BCUT2D eigenvalue weighted by Gasteiger charge is 2.30. The van der Waals surface area contributed by atoms with E-state index < -0.39 is 97.5 Å². The molecule has 19 heteroatoms. The van der Waals surface area contributed by atoms with E-state index in [-0.39, 0.29) is 25.7 Å². The fraction of sp³-hybridized carbons (Fsp3) is 0.735. The lowest BCUT2D eigenvalue weighted by Crippen LogP contribution is -2.30. The molecular formula is C83H144O17P2. The average Bonchev–Trinajstić information content (AvgIpc) is 0.966. The second-order valence-electron chi connectivity index (χ2n) is 26.7. The molecule has 0 saturated carbocycles. The number of ether oxygens (including phenoxy) is 4. The van der Waals surface area contributed by atoms with Gasteiger partial charge in [-0.3, -0.25) is 37.3 Å². The molecule has 0 saturated heterocycles. The number of carbonyl (C=O) groups is 4. The van der Waals surface area contributed by atoms with Crippen molar-refractivity contribution in [1.29, 1.82) is 0 Å². The Bertz CT molecular complexity index is 2360. The molecule has 102 heavy (non-hydrogen) atoms. The fourth-order valence-electron chi connectivity index (χ4n) is 10.6. The largest absolute Gasteiger partial charge is 0.472 e. The first-order valence-electron chi connectivity index (χ1n) is 40.1. The molecular weight excluding hydrogens is 1330 g/mol. The zero-order valence-corrected chi connectivity index (χ0v) is 66.0. The summed E-state index contributed by atoms with van der Waals surface area (Å²) >= 11 is 0. The van der Waals surface area contributed by atoms with Crippen molar-refractivity contribution < 1.29 is 80.2 Å². The Labute approximate surface area is 619 Å². The maximum absolute atomic E-state index is 13.1. The lowest BCUT2D eigenvalue weighted by atomic mass is 10.0. The Balaban J connectivity index is 5.46. The third-order valence-corrected chi connectivity index (χ3v) is 18.6. The van der Waals surface area contributed by atoms with E-state index in [1.807, 2.05) is 24.3 Å². The number of phosphoric ester groups is 2. The monoisotopic (exact) mass is 1470 g/mol. The van der Waals surface area contributed by atoms with Crippen LogP contribution in [-0.4, -0.2) is 96.7 Å². The molecule has 3 N–H and O–H groups in total. The molecule has 0 fully saturated rings. The molecule has 0 aliphatic heterocycles. The number of allylic oxidation sites excluding steroid dienone is 18. The van der Waals surface area contributed by atoms with E-state index in [0.717, 1.165) is 109 Å². The summed E-state index contributed by atoms with van der Waals surface area (Å²) < 4.78 is 68.5. The number of aliphatic hydroxyl groups excluding tert-OH is 1. The summed E-state index contributed by atoms with van der Waals surface area (Å²) in [4.78, 5) is 72.9. The van der Waals surface area contributed by atoms with E-state index in [4.69, 9.17) is 37.0 Å². The van der Waals surface area contributed by atoms with E-state index in [1.54, 1.807) is 0 Å². The minimum atomic E-state index is -5.00. The van der Waals surface area contributed by atoms with Gasteiger partial charge in [0.25, 0.3) is 0 Å². The van der Waals surface area contributed by atoms with Gasteiger partial charge in [0.2, 0.25) is 0 Å². The number of phosphoric acid groups is 2. The lowest BCUT2D eigenvalue weighted by molar-refractivity contribution is -0.161. The van der Waals surface area contributed by atoms with Crippen LogP contribution < -0.4 is 0 Å². The predicted octanol–water partition coefficient (Wildman–Crippen LogP) is 23.3. The van der Waals surface area contributed by atoms with Crippen molar-refractivity contribution in [2.45, 2.75) is 354 Å². The van der Waals surface area contributed by atoms with Crippen molar-refractivity contribution in [2.75, 3.05) is 39.6 Å². The summed E-state index contributed by atoms with van der Waals surface area (Å²) in [5.41, 5.74) is 0. The number of unbranched alkanes of at least 4 members (excludes halogenated alkanes) is 31. The molecule has 0 aliphatic rings. The smallest absolute Gasteiger partial charge is 0.462 e. The molecule has 0 aromatic carbocycles. The normalized spacial score (nSPS) is 14.5. The molecule has 0 radical (unpaired) electrons. The maximum Gasteiger partial charge on any atom is 0.472 e. The molecule has 0 rings (SSSR count). The first-order chi connectivity index (χ1) is 49.7. The van der Waals surface area contributed by atoms with Gasteiger partial charge in [0.15, 0.2) is 12.2 Å². The third kappa shape index (κ3) is 74.0. The van der Waals surface area contributed by atoms with Crippen LogP contribution in [0.15, 0.2) is 109 Å². The predicted molar refractivity (Wildman–Crippen MR) is 418 cm³/mol. The molecule has 0 aliphatic carbocycles. The van der Waals surface area contributed by atoms with E-state index >= 15 is 0 Å². The summed E-state index contributed by atoms with van der Waals surface area (Å²) in [7, 11) is -9.99. The number of esters is 4. The second kappa shape index (κ2) is 75.0. The number of rotatable bonds is 75. The van der Waals surface area contributed by atoms with Gasteiger partial charge in [-0.15, -0.1) is 0 Å². The third-order valence-electron chi connectivity index (χ3n) is 16.7. The second-order valence-corrected chi connectivity index (χ2v) is 29.6. The Kier molecular flexibility index (Phi) is 71.8. The van der Waals surface area contributed by atoms with Crippen molar-refractivity contribution in [2.24, 2.45) is 0 Å². The van der Waals surface area contributed by atoms with Crippen LogP contribution in [0, 0.1) is 0 Å². The van der Waals surface area contributed by atoms with Crippen molar-refractivity contribution in [3.05, 3.63) is 109 Å². The van der Waals surface area contributed by atoms with Gasteiger partial charge in [-0.2, -0.15) is 0 Å². The van der Waals surface area contributed by atoms with Crippen LogP contribution in [0.4, 0.5) is 0 Å². The van der Waals surface area contributed by atoms with Crippen LogP contribution in [0.25, 0.3) is 0 Å². The molecule has 5 atom stereocenters. The Morgan fingerprint density at radius 2 is 0.490 bits per heavy atom. The van der Waals surface area contributed by atoms with Crippen LogP contribution in [0.3, 0.4) is 0 Å². The quantitative estimate of drug-likeness (QED) is 0.0169. The number of hydrogen-bond acceptors (Lipinski definition) is 15. The van der Waals surface area contributed by atoms with Crippen LogP contribution in [0.2, 0.25) is 0 Å². The highest BCUT2D eigenvalue weighted by atomic mass is 31.2. The molecule has 2 unspecified atom stereocenters. The molecule has 0 aromatic heterocycles. The van der Waals surface area contributed by atoms with Gasteiger partial charge in [0.1, 0.15) is 19.3 Å². The number of hydrogen-bond donors (Lipinski definition) is 3. The molecule has 0 aromatic rings. The molecule has 0 heterocycles. The Hall–Kier alpha value is -4.28. The minimum absolute atomic E-state index is 0.0158. The lowest BCUT2D eigenvalue weighted by Gasteiger charge is -2.21. The van der Waals surface area contributed by atoms with E-state index in [0.29, 0.717) is 38.5 Å². The molecule has 0 bridgehead atoms. The molecule has 588 valence electrons. The van der Waals surface area contributed by atoms with E-state index in [1.165, 1.54) is 135 Å². The topological polar surface area (TPSA) is 237 Å². The summed E-state index contributed by atoms with van der Waals surface area (Å²) in [6.07, 6.45) is 80.8. The molecule has 0 amide bonds. The first kappa shape index (κ1) is 97.7. The highest BCUT2D eigenvalue weighted by molar-refractivity contribution is 7.47. The van der Waals surface area contributed by atoms with Crippen LogP contribution >= 0.6 is 15.6 Å². The van der Waals surface area contributed by atoms with Crippen molar-refractivity contribution in [3.8, 4) is 0 Å². The van der Waals surface area contributed by atoms with Crippen LogP contribution in [-0.2, 0) is 65.4 Å². The minimum Gasteiger partial charge on any atom is -0.462 e. The van der Waals surface area contributed by atoms with Crippen LogP contribution in [0.5, 0.6) is 0 Å². The van der Waals surface area contributed by atoms with E-state index in [9.17, 15) is 43.2 Å². The van der Waals surface area contributed by atoms with E-state index in [2.05, 4.69) is 113 Å². The maximum atomic E-state index is 13.1. The summed E-state index contributed by atoms with van der Waals surface area (Å²) in [6, 6.07) is 0. The van der Waals surface area contributed by atoms with Gasteiger partial charge in [0, 0.05) is 25.7 Å². The van der Waals surface area contributed by atoms with Crippen molar-refractivity contribution >= 4 is 39.5 Å². The Morgan fingerprint density at radius 3 is 0.794 bits per heavy atom. The molecule has 17 nitrogen and oxygen atoms in total. The van der Waals surface area contributed by atoms with Crippen molar-refractivity contribution in [1.82, 2.24) is 0 Å². The number of aliphatic hydroxyl groups is 1. The van der Waals surface area contributed by atoms with Crippen LogP contribution in [0.1, 0.15) is 336 Å². The van der Waals surface area contributed by atoms with Gasteiger partial charge >= 0.3 is 39.5 Å². The van der Waals surface area contributed by atoms with Gasteiger partial charge in [-0.25, -0.2) is 9.13 Å². The first-order valence-corrected chi connectivity index (χ1v) is 43.1. The Morgan fingerprint density at radius 1 is 0.275 bits per heavy atom. The zero-order valence-electron chi connectivity index (χ0n) is 64.3. The summed E-state index contributed by atoms with van der Waals surface area (Å²) in [5.74, 6) is -2.30. The number of carbonyl (C=O) groups excluding carboxylic acids is 4. The summed E-state index contributed by atoms with van der Waals surface area (Å²) in [6.45, 7) is 4.71. The fourth-order valence-corrected chi connectivity index (χ4v) is 12.1. The van der Waals surface area contributed by atoms with Gasteiger partial charge in [-0.1, -0.05) is 291 Å². The van der Waals surface area contributed by atoms with Gasteiger partial charge in [-0.05, 0) is 128 Å². The summed E-state index contributed by atoms with van der Waals surface area (Å²) in [5, 5.41) is 10.6. The SMILES string of the molecule is CCCCC/C=C\C/C=C\C/C=C\C/C=C\CCCC(=O)O[C@H](COC(=O)CCCCCCC/C=C\CCCCCCCC)COP(=O)(O)OC[C@@H](O)COP(=O)(O)OC[C@@H](COC(=O)CCCCCCCCCCCCCCC)OC(=O)CCC/C=C\C/C=C\C/C=C\C/C=C\CCCCC.